The molecule has 3 heterocycles. The number of benzene rings is 1. The monoisotopic (exact) mass is 625 g/mol. The molecule has 0 radical (unpaired) electrons. The van der Waals surface area contributed by atoms with Crippen molar-refractivity contribution in [3.05, 3.63) is 35.4 Å². The van der Waals surface area contributed by atoms with Crippen LogP contribution in [0, 0.1) is 5.92 Å². The third-order valence-electron chi connectivity index (χ3n) is 8.61. The average Bonchev–Trinajstić information content (AvgIpc) is 3.71. The van der Waals surface area contributed by atoms with E-state index < -0.39 is 0 Å². The maximum Gasteiger partial charge on any atom is 0.253 e. The minimum Gasteiger partial charge on any atom is -0.508 e. The van der Waals surface area contributed by atoms with Crippen molar-refractivity contribution in [2.24, 2.45) is 5.92 Å². The van der Waals surface area contributed by atoms with Crippen molar-refractivity contribution in [2.45, 2.75) is 82.7 Å². The highest BCUT2D eigenvalue weighted by atomic mass is 32.2. The number of hydrogen-bond acceptors (Lipinski definition) is 7. The predicted molar refractivity (Wildman–Crippen MR) is 173 cm³/mol. The summed E-state index contributed by atoms with van der Waals surface area (Å²) in [5, 5.41) is 19.1. The molecular formula is C33H47N5O5S. The maximum absolute atomic E-state index is 12.4. The Labute approximate surface area is 264 Å². The Morgan fingerprint density at radius 2 is 1.68 bits per heavy atom. The van der Waals surface area contributed by atoms with Crippen LogP contribution in [0.25, 0.3) is 10.9 Å². The van der Waals surface area contributed by atoms with Gasteiger partial charge in [-0.15, -0.1) is 11.8 Å². The lowest BCUT2D eigenvalue weighted by molar-refractivity contribution is -0.137. The molecule has 0 bridgehead atoms. The van der Waals surface area contributed by atoms with Gasteiger partial charge in [0.25, 0.3) is 11.8 Å². The Balaban J connectivity index is 1.03. The molecule has 1 aromatic heterocycles. The second-order valence-corrected chi connectivity index (χ2v) is 12.6. The lowest BCUT2D eigenvalue weighted by Crippen LogP contribution is -2.31. The Bertz CT molecular complexity index is 1340. The Kier molecular flexibility index (Phi) is 12.7. The molecule has 1 atom stereocenters. The van der Waals surface area contributed by atoms with Gasteiger partial charge in [-0.05, 0) is 74.9 Å². The van der Waals surface area contributed by atoms with E-state index >= 15 is 0 Å². The lowest BCUT2D eigenvalue weighted by atomic mass is 10.1. The summed E-state index contributed by atoms with van der Waals surface area (Å²) in [6.07, 6.45) is 12.2. The molecular weight excluding hydrogens is 578 g/mol. The number of unbranched alkanes of at least 4 members (excludes halogenated alkanes) is 4. The highest BCUT2D eigenvalue weighted by molar-refractivity contribution is 7.98. The fraction of sp³-hybridized carbons (Fsp3) is 0.576. The molecule has 0 spiro atoms. The van der Waals surface area contributed by atoms with E-state index in [1.54, 1.807) is 11.8 Å². The quantitative estimate of drug-likeness (QED) is 0.111. The first-order chi connectivity index (χ1) is 21.3. The zero-order valence-electron chi connectivity index (χ0n) is 26.1. The zero-order valence-corrected chi connectivity index (χ0v) is 26.9. The number of amides is 4. The summed E-state index contributed by atoms with van der Waals surface area (Å²) >= 11 is 1.70. The highest BCUT2D eigenvalue weighted by Gasteiger charge is 2.25. The third-order valence-corrected chi connectivity index (χ3v) is 9.37. The van der Waals surface area contributed by atoms with Crippen molar-refractivity contribution in [3.63, 3.8) is 0 Å². The molecule has 1 saturated heterocycles. The summed E-state index contributed by atoms with van der Waals surface area (Å²) in [5.74, 6) is 0.285. The Morgan fingerprint density at radius 3 is 2.39 bits per heavy atom. The fourth-order valence-corrected chi connectivity index (χ4v) is 6.81. The van der Waals surface area contributed by atoms with E-state index in [9.17, 15) is 24.3 Å². The Hall–Kier alpha value is -3.31. The smallest absolute Gasteiger partial charge is 0.253 e. The number of phenolic OH excluding ortho intramolecular Hbond substituents is 1. The second kappa shape index (κ2) is 16.7. The van der Waals surface area contributed by atoms with Crippen LogP contribution in [0.2, 0.25) is 0 Å². The number of nitrogens with one attached hydrogen (secondary N) is 3. The fourth-order valence-electron chi connectivity index (χ4n) is 6.11. The Morgan fingerprint density at radius 1 is 0.977 bits per heavy atom. The molecule has 1 aromatic carbocycles. The van der Waals surface area contributed by atoms with Crippen LogP contribution in [0.4, 0.5) is 0 Å². The summed E-state index contributed by atoms with van der Waals surface area (Å²) in [5.41, 5.74) is 3.28. The van der Waals surface area contributed by atoms with Gasteiger partial charge in [0, 0.05) is 68.7 Å². The molecule has 2 aliphatic rings. The standard InChI is InChI=1S/C33H47N5O5S/c1-3-24-25-12-13-27(39)26(32(25)36-33(24)44-2)22-37-19-16-23(21-37)20-35-29(41)11-6-4-8-17-34-28(40)10-7-5-9-18-38-30(42)14-15-31(38)43/h12-15,23,36,39H,3-11,16-22H2,1-2H3,(H,34,40)(H,35,41)/t23-/m1/s1. The molecule has 4 N–H and O–H groups in total. The minimum atomic E-state index is -0.263. The molecule has 44 heavy (non-hydrogen) atoms. The van der Waals surface area contributed by atoms with Crippen LogP contribution in [-0.2, 0) is 32.1 Å². The minimum absolute atomic E-state index is 0.0126. The summed E-state index contributed by atoms with van der Waals surface area (Å²) in [4.78, 5) is 54.6. The number of aromatic hydroxyl groups is 1. The van der Waals surface area contributed by atoms with Crippen molar-refractivity contribution in [1.29, 1.82) is 0 Å². The zero-order chi connectivity index (χ0) is 31.5. The molecule has 0 aliphatic carbocycles. The number of nitrogens with zero attached hydrogens (tertiary/aromatic N) is 2. The molecule has 240 valence electrons. The van der Waals surface area contributed by atoms with Gasteiger partial charge in [-0.3, -0.25) is 29.0 Å². The first-order valence-corrected chi connectivity index (χ1v) is 17.2. The topological polar surface area (TPSA) is 135 Å². The number of aromatic amines is 1. The number of phenols is 1. The van der Waals surface area contributed by atoms with Crippen molar-refractivity contribution >= 4 is 46.3 Å². The van der Waals surface area contributed by atoms with Crippen molar-refractivity contribution in [2.75, 3.05) is 39.0 Å². The van der Waals surface area contributed by atoms with Gasteiger partial charge in [0.15, 0.2) is 0 Å². The molecule has 4 amide bonds. The number of hydrogen-bond donors (Lipinski definition) is 4. The summed E-state index contributed by atoms with van der Waals surface area (Å²) in [6, 6.07) is 3.82. The van der Waals surface area contributed by atoms with Crippen LogP contribution in [0.15, 0.2) is 29.3 Å². The summed E-state index contributed by atoms with van der Waals surface area (Å²) in [7, 11) is 0. The van der Waals surface area contributed by atoms with E-state index in [0.29, 0.717) is 57.1 Å². The molecule has 0 unspecified atom stereocenters. The number of rotatable bonds is 18. The number of fused-ring (bicyclic) bond motifs is 1. The molecule has 10 nitrogen and oxygen atoms in total. The van der Waals surface area contributed by atoms with Crippen LogP contribution in [0.3, 0.4) is 0 Å². The number of carbonyl (C=O) groups is 4. The van der Waals surface area contributed by atoms with Gasteiger partial charge in [0.2, 0.25) is 11.8 Å². The van der Waals surface area contributed by atoms with Gasteiger partial charge in [0.05, 0.1) is 10.5 Å². The van der Waals surface area contributed by atoms with Crippen LogP contribution >= 0.6 is 11.8 Å². The first-order valence-electron chi connectivity index (χ1n) is 16.0. The largest absolute Gasteiger partial charge is 0.508 e. The number of aryl methyl sites for hydroxylation is 1. The third kappa shape index (κ3) is 9.11. The molecule has 4 rings (SSSR count). The van der Waals surface area contributed by atoms with Crippen molar-refractivity contribution in [1.82, 2.24) is 25.4 Å². The van der Waals surface area contributed by atoms with Crippen molar-refractivity contribution in [3.8, 4) is 5.75 Å². The number of H-pyrrole nitrogens is 1. The number of thioether (sulfide) groups is 1. The number of carbonyl (C=O) groups excluding carboxylic acids is 4. The number of aromatic nitrogens is 1. The molecule has 1 fully saturated rings. The van der Waals surface area contributed by atoms with Crippen molar-refractivity contribution < 1.29 is 24.3 Å². The van der Waals surface area contributed by atoms with Gasteiger partial charge >= 0.3 is 0 Å². The van der Waals surface area contributed by atoms with E-state index in [2.05, 4.69) is 33.7 Å². The van der Waals surface area contributed by atoms with Crippen LogP contribution in [-0.4, -0.2) is 82.5 Å². The molecule has 11 heteroatoms. The SMILES string of the molecule is CCc1c(SC)[nH]c2c(CN3CC[C@H](CNC(=O)CCCCCNC(=O)CCCCCN4C(=O)C=CC4=O)C3)c(O)ccc12. The first kappa shape index (κ1) is 33.6. The van der Waals surface area contributed by atoms with E-state index in [-0.39, 0.29) is 23.6 Å². The predicted octanol–water partition coefficient (Wildman–Crippen LogP) is 4.26. The highest BCUT2D eigenvalue weighted by Crippen LogP contribution is 2.35. The van der Waals surface area contributed by atoms with E-state index in [4.69, 9.17) is 0 Å². The van der Waals surface area contributed by atoms with Gasteiger partial charge < -0.3 is 20.7 Å². The van der Waals surface area contributed by atoms with Crippen LogP contribution < -0.4 is 10.6 Å². The van der Waals surface area contributed by atoms with E-state index in [1.165, 1.54) is 28.0 Å². The van der Waals surface area contributed by atoms with Gasteiger partial charge in [0.1, 0.15) is 5.75 Å². The average molecular weight is 626 g/mol. The second-order valence-electron chi connectivity index (χ2n) is 11.8. The van der Waals surface area contributed by atoms with Gasteiger partial charge in [-0.25, -0.2) is 0 Å². The molecule has 2 aromatic rings. The lowest BCUT2D eigenvalue weighted by Gasteiger charge is -2.18. The molecule has 2 aliphatic heterocycles. The number of imide groups is 1. The van der Waals surface area contributed by atoms with Gasteiger partial charge in [-0.2, -0.15) is 0 Å². The number of likely N-dealkylation sites (tertiary alicyclic amines) is 1. The summed E-state index contributed by atoms with van der Waals surface area (Å²) < 4.78 is 0. The van der Waals surface area contributed by atoms with Gasteiger partial charge in [-0.1, -0.05) is 19.8 Å². The van der Waals surface area contributed by atoms with E-state index in [1.807, 2.05) is 12.1 Å². The van der Waals surface area contributed by atoms with E-state index in [0.717, 1.165) is 74.1 Å². The molecule has 0 saturated carbocycles. The van der Waals surface area contributed by atoms with Crippen LogP contribution in [0.5, 0.6) is 5.75 Å². The summed E-state index contributed by atoms with van der Waals surface area (Å²) in [6.45, 7) is 6.34. The van der Waals surface area contributed by atoms with Crippen LogP contribution in [0.1, 0.15) is 75.8 Å². The maximum atomic E-state index is 12.4. The normalized spacial score (nSPS) is 16.9.